The molecule has 0 aliphatic carbocycles. The number of aromatic nitrogens is 1. The number of methoxy groups -OCH3 is 1. The lowest BCUT2D eigenvalue weighted by Crippen LogP contribution is -2.36. The van der Waals surface area contributed by atoms with Crippen molar-refractivity contribution < 1.29 is 18.8 Å². The first-order valence-corrected chi connectivity index (χ1v) is 13.5. The Morgan fingerprint density at radius 2 is 1.76 bits per heavy atom. The first-order valence-electron chi connectivity index (χ1n) is 12.3. The Balaban J connectivity index is 1.91. The Hall–Kier alpha value is -3.07. The average molecular weight is 522 g/mol. The van der Waals surface area contributed by atoms with E-state index in [1.54, 1.807) is 21.2 Å². The maximum absolute atomic E-state index is 13.5. The highest BCUT2D eigenvalue weighted by atomic mass is 32.2. The molecule has 0 unspecified atom stereocenters. The molecule has 1 amide bonds. The summed E-state index contributed by atoms with van der Waals surface area (Å²) in [6.07, 6.45) is 0.417. The van der Waals surface area contributed by atoms with Gasteiger partial charge in [-0.25, -0.2) is 13.5 Å². The summed E-state index contributed by atoms with van der Waals surface area (Å²) >= 11 is 0. The second kappa shape index (κ2) is 10.7. The van der Waals surface area contributed by atoms with Crippen LogP contribution >= 0.6 is 0 Å². The van der Waals surface area contributed by atoms with Gasteiger partial charge in [0.25, 0.3) is 5.91 Å². The number of carbonyl (C=O) groups is 1. The second-order valence-corrected chi connectivity index (χ2v) is 12.6. The highest BCUT2D eigenvalue weighted by Gasteiger charge is 2.40. The van der Waals surface area contributed by atoms with E-state index in [1.165, 1.54) is 4.90 Å². The van der Waals surface area contributed by atoms with Crippen LogP contribution < -0.4 is 4.74 Å². The first kappa shape index (κ1) is 27.0. The molecule has 1 aromatic heterocycles. The quantitative estimate of drug-likeness (QED) is 0.482. The summed E-state index contributed by atoms with van der Waals surface area (Å²) in [6.45, 7) is 6.20. The molecule has 8 heteroatoms. The van der Waals surface area contributed by atoms with Crippen molar-refractivity contribution in [3.05, 3.63) is 71.4 Å². The third-order valence-electron chi connectivity index (χ3n) is 6.46. The van der Waals surface area contributed by atoms with Gasteiger partial charge in [0.15, 0.2) is 0 Å². The third kappa shape index (κ3) is 5.46. The van der Waals surface area contributed by atoms with E-state index in [1.807, 2.05) is 73.6 Å². The van der Waals surface area contributed by atoms with E-state index >= 15 is 0 Å². The number of amides is 1. The fourth-order valence-corrected chi connectivity index (χ4v) is 6.08. The van der Waals surface area contributed by atoms with Gasteiger partial charge in [0.2, 0.25) is 0 Å². The largest absolute Gasteiger partial charge is 0.497 e. The van der Waals surface area contributed by atoms with E-state index in [0.717, 1.165) is 33.6 Å². The fraction of sp³-hybridized carbons (Fsp3) is 0.379. The Kier molecular flexibility index (Phi) is 7.83. The van der Waals surface area contributed by atoms with Gasteiger partial charge in [0.05, 0.1) is 23.6 Å². The van der Waals surface area contributed by atoms with E-state index in [2.05, 4.69) is 6.07 Å². The molecule has 2 heterocycles. The molecule has 1 aliphatic rings. The number of fused-ring (bicyclic) bond motifs is 1. The number of pyridine rings is 1. The minimum absolute atomic E-state index is 0.0520. The lowest BCUT2D eigenvalue weighted by Gasteiger charge is -2.30. The minimum atomic E-state index is -1.31. The highest BCUT2D eigenvalue weighted by Crippen LogP contribution is 2.44. The number of ether oxygens (including phenoxy) is 1. The van der Waals surface area contributed by atoms with Crippen LogP contribution in [0.3, 0.4) is 0 Å². The van der Waals surface area contributed by atoms with Crippen molar-refractivity contribution in [2.75, 3.05) is 27.8 Å². The number of rotatable bonds is 7. The van der Waals surface area contributed by atoms with Crippen LogP contribution in [0.5, 0.6) is 5.75 Å². The van der Waals surface area contributed by atoms with Crippen molar-refractivity contribution in [1.82, 2.24) is 14.2 Å². The van der Waals surface area contributed by atoms with Crippen molar-refractivity contribution >= 4 is 16.9 Å². The Bertz CT molecular complexity index is 1330. The van der Waals surface area contributed by atoms with Gasteiger partial charge in [-0.15, -0.1) is 0 Å². The van der Waals surface area contributed by atoms with Gasteiger partial charge < -0.3 is 14.7 Å². The molecule has 3 aromatic rings. The topological polar surface area (TPSA) is 83.0 Å². The van der Waals surface area contributed by atoms with Gasteiger partial charge in [0, 0.05) is 38.4 Å². The molecule has 0 saturated carbocycles. The number of nitrogens with zero attached hydrogens (tertiary/aromatic N) is 3. The maximum atomic E-state index is 13.5. The number of aliphatic hydroxyl groups excluding tert-OH is 1. The molecule has 1 aliphatic heterocycles. The molecule has 1 N–H and O–H groups in total. The lowest BCUT2D eigenvalue weighted by molar-refractivity contribution is 0.0822. The third-order valence-corrected chi connectivity index (χ3v) is 8.31. The van der Waals surface area contributed by atoms with E-state index in [0.29, 0.717) is 24.4 Å². The van der Waals surface area contributed by atoms with Crippen LogP contribution in [-0.2, 0) is 17.5 Å². The van der Waals surface area contributed by atoms with Crippen molar-refractivity contribution in [1.29, 1.82) is 0 Å². The molecule has 2 aromatic carbocycles. The zero-order valence-corrected chi connectivity index (χ0v) is 23.1. The molecule has 0 saturated heterocycles. The molecule has 0 fully saturated rings. The van der Waals surface area contributed by atoms with Crippen molar-refractivity contribution in [3.8, 4) is 28.1 Å². The standard InChI is InChI=1S/C29H35N3O4S/c1-29(2,3)37(35)32-18-22-17-24(28(34)31(4)5)30-27(26(22)25(32)13-14-33)21-11-7-9-19(15-21)20-10-8-12-23(16-20)36-6/h7-12,15-17,25,33H,13-14,18H2,1-6H3/t25-,37-/m0/s1. The van der Waals surface area contributed by atoms with Gasteiger partial charge >= 0.3 is 0 Å². The van der Waals surface area contributed by atoms with Gasteiger partial charge in [-0.1, -0.05) is 30.3 Å². The molecule has 196 valence electrons. The monoisotopic (exact) mass is 521 g/mol. The minimum Gasteiger partial charge on any atom is -0.497 e. The number of benzene rings is 2. The van der Waals surface area contributed by atoms with E-state index < -0.39 is 15.7 Å². The van der Waals surface area contributed by atoms with Crippen LogP contribution in [0.15, 0.2) is 54.6 Å². The predicted molar refractivity (Wildman–Crippen MR) is 148 cm³/mol. The summed E-state index contributed by atoms with van der Waals surface area (Å²) in [4.78, 5) is 19.4. The Morgan fingerprint density at radius 1 is 1.11 bits per heavy atom. The van der Waals surface area contributed by atoms with Crippen molar-refractivity contribution in [3.63, 3.8) is 0 Å². The molecule has 0 bridgehead atoms. The lowest BCUT2D eigenvalue weighted by atomic mass is 9.94. The molecule has 7 nitrogen and oxygen atoms in total. The van der Waals surface area contributed by atoms with Gasteiger partial charge in [-0.05, 0) is 68.1 Å². The van der Waals surface area contributed by atoms with E-state index in [-0.39, 0.29) is 18.6 Å². The zero-order valence-electron chi connectivity index (χ0n) is 22.3. The van der Waals surface area contributed by atoms with Crippen LogP contribution in [-0.4, -0.2) is 62.0 Å². The smallest absolute Gasteiger partial charge is 0.271 e. The van der Waals surface area contributed by atoms with Crippen molar-refractivity contribution in [2.24, 2.45) is 0 Å². The summed E-state index contributed by atoms with van der Waals surface area (Å²) in [6, 6.07) is 17.4. The van der Waals surface area contributed by atoms with E-state index in [4.69, 9.17) is 9.72 Å². The molecule has 0 spiro atoms. The van der Waals surface area contributed by atoms with Crippen LogP contribution in [0, 0.1) is 0 Å². The summed E-state index contributed by atoms with van der Waals surface area (Å²) in [5.41, 5.74) is 5.71. The zero-order chi connectivity index (χ0) is 26.9. The molecule has 2 atom stereocenters. The van der Waals surface area contributed by atoms with Crippen molar-refractivity contribution in [2.45, 2.75) is 44.5 Å². The highest BCUT2D eigenvalue weighted by molar-refractivity contribution is 7.84. The van der Waals surface area contributed by atoms with E-state index in [9.17, 15) is 14.1 Å². The Labute approximate surface area is 221 Å². The van der Waals surface area contributed by atoms with Crippen LogP contribution in [0.2, 0.25) is 0 Å². The maximum Gasteiger partial charge on any atom is 0.271 e. The van der Waals surface area contributed by atoms with Gasteiger partial charge in [-0.3, -0.25) is 4.79 Å². The van der Waals surface area contributed by atoms with Gasteiger partial charge in [0.1, 0.15) is 22.4 Å². The normalized spacial score (nSPS) is 16.4. The van der Waals surface area contributed by atoms with Gasteiger partial charge in [-0.2, -0.15) is 0 Å². The second-order valence-electron chi connectivity index (χ2n) is 10.4. The number of carbonyl (C=O) groups excluding carboxylic acids is 1. The number of hydrogen-bond donors (Lipinski definition) is 1. The molecule has 37 heavy (non-hydrogen) atoms. The number of hydrogen-bond acceptors (Lipinski definition) is 5. The SMILES string of the molecule is COc1cccc(-c2cccc(-c3nc(C(=O)N(C)C)cc4c3[C@H](CCO)N([S@@](=O)C(C)(C)C)C4)c2)c1. The molecular formula is C29H35N3O4S. The van der Waals surface area contributed by atoms with Crippen LogP contribution in [0.1, 0.15) is 54.8 Å². The average Bonchev–Trinajstić information content (AvgIpc) is 3.25. The number of aliphatic hydroxyl groups is 1. The Morgan fingerprint density at radius 3 is 2.38 bits per heavy atom. The molecule has 0 radical (unpaired) electrons. The van der Waals surface area contributed by atoms with Crippen LogP contribution in [0.4, 0.5) is 0 Å². The summed E-state index contributed by atoms with van der Waals surface area (Å²) < 4.78 is 20.4. The summed E-state index contributed by atoms with van der Waals surface area (Å²) in [5, 5.41) is 9.96. The summed E-state index contributed by atoms with van der Waals surface area (Å²) in [5.74, 6) is 0.575. The molecule has 4 rings (SSSR count). The summed E-state index contributed by atoms with van der Waals surface area (Å²) in [7, 11) is 3.74. The predicted octanol–water partition coefficient (Wildman–Crippen LogP) is 4.83. The first-order chi connectivity index (χ1) is 17.5. The fourth-order valence-electron chi connectivity index (χ4n) is 4.68. The van der Waals surface area contributed by atoms with Crippen LogP contribution in [0.25, 0.3) is 22.4 Å². The molecular weight excluding hydrogens is 486 g/mol.